The van der Waals surface area contributed by atoms with Gasteiger partial charge in [-0.2, -0.15) is 0 Å². The Balaban J connectivity index is 2.07. The van der Waals surface area contributed by atoms with Crippen molar-refractivity contribution in [3.8, 4) is 0 Å². The minimum absolute atomic E-state index is 0.0335. The minimum atomic E-state index is -0.866. The maximum atomic E-state index is 12.0. The summed E-state index contributed by atoms with van der Waals surface area (Å²) in [6.45, 7) is 3.72. The highest BCUT2D eigenvalue weighted by molar-refractivity contribution is 5.93. The van der Waals surface area contributed by atoms with Crippen LogP contribution in [0.4, 0.5) is 0 Å². The SMILES string of the molecule is Cc1cccc2nc(C(=O)NC(C)CCC(=O)O)cn12. The van der Waals surface area contributed by atoms with Gasteiger partial charge in [-0.15, -0.1) is 0 Å². The van der Waals surface area contributed by atoms with E-state index in [2.05, 4.69) is 10.3 Å². The summed E-state index contributed by atoms with van der Waals surface area (Å²) in [6.07, 6.45) is 2.11. The smallest absolute Gasteiger partial charge is 0.303 e. The van der Waals surface area contributed by atoms with Gasteiger partial charge in [0.1, 0.15) is 11.3 Å². The lowest BCUT2D eigenvalue weighted by molar-refractivity contribution is -0.137. The number of aromatic nitrogens is 2. The van der Waals surface area contributed by atoms with Crippen molar-refractivity contribution in [3.63, 3.8) is 0 Å². The molecule has 2 aromatic rings. The average molecular weight is 275 g/mol. The van der Waals surface area contributed by atoms with E-state index in [1.807, 2.05) is 29.5 Å². The molecule has 0 aromatic carbocycles. The predicted octanol–water partition coefficient (Wildman–Crippen LogP) is 1.63. The molecular formula is C14H17N3O3. The molecule has 1 atom stereocenters. The normalized spacial score (nSPS) is 12.3. The second-order valence-electron chi connectivity index (χ2n) is 4.83. The Morgan fingerprint density at radius 1 is 1.45 bits per heavy atom. The average Bonchev–Trinajstić information content (AvgIpc) is 2.82. The minimum Gasteiger partial charge on any atom is -0.481 e. The molecule has 0 fully saturated rings. The third-order valence-electron chi connectivity index (χ3n) is 3.10. The number of nitrogens with one attached hydrogen (secondary N) is 1. The van der Waals surface area contributed by atoms with Crippen molar-refractivity contribution in [2.75, 3.05) is 0 Å². The summed E-state index contributed by atoms with van der Waals surface area (Å²) < 4.78 is 1.84. The monoisotopic (exact) mass is 275 g/mol. The second-order valence-corrected chi connectivity index (χ2v) is 4.83. The Morgan fingerprint density at radius 3 is 2.85 bits per heavy atom. The van der Waals surface area contributed by atoms with Crippen LogP contribution in [0.5, 0.6) is 0 Å². The zero-order valence-corrected chi connectivity index (χ0v) is 11.5. The lowest BCUT2D eigenvalue weighted by Crippen LogP contribution is -2.33. The van der Waals surface area contributed by atoms with Gasteiger partial charge in [-0.05, 0) is 32.4 Å². The third-order valence-corrected chi connectivity index (χ3v) is 3.10. The topological polar surface area (TPSA) is 83.7 Å². The Bertz CT molecular complexity index is 648. The van der Waals surface area contributed by atoms with E-state index < -0.39 is 5.97 Å². The van der Waals surface area contributed by atoms with Crippen LogP contribution in [0.15, 0.2) is 24.4 Å². The summed E-state index contributed by atoms with van der Waals surface area (Å²) >= 11 is 0. The van der Waals surface area contributed by atoms with Gasteiger partial charge < -0.3 is 14.8 Å². The van der Waals surface area contributed by atoms with Gasteiger partial charge in [0.05, 0.1) is 0 Å². The van der Waals surface area contributed by atoms with E-state index in [9.17, 15) is 9.59 Å². The molecule has 0 saturated carbocycles. The number of hydrogen-bond donors (Lipinski definition) is 2. The first-order valence-corrected chi connectivity index (χ1v) is 6.45. The zero-order chi connectivity index (χ0) is 14.7. The summed E-state index contributed by atoms with van der Waals surface area (Å²) in [5, 5.41) is 11.4. The summed E-state index contributed by atoms with van der Waals surface area (Å²) in [5.74, 6) is -1.15. The van der Waals surface area contributed by atoms with Gasteiger partial charge in [0, 0.05) is 24.4 Å². The fourth-order valence-electron chi connectivity index (χ4n) is 1.97. The Labute approximate surface area is 116 Å². The summed E-state index contributed by atoms with van der Waals surface area (Å²) in [5.41, 5.74) is 2.04. The lowest BCUT2D eigenvalue weighted by Gasteiger charge is -2.11. The molecule has 0 spiro atoms. The van der Waals surface area contributed by atoms with Crippen molar-refractivity contribution < 1.29 is 14.7 Å². The van der Waals surface area contributed by atoms with Crippen molar-refractivity contribution in [2.45, 2.75) is 32.7 Å². The first kappa shape index (κ1) is 14.0. The molecule has 2 aromatic heterocycles. The van der Waals surface area contributed by atoms with Crippen LogP contribution in [0.25, 0.3) is 5.65 Å². The number of carboxylic acid groups (broad SMARTS) is 1. The van der Waals surface area contributed by atoms with E-state index in [1.165, 1.54) is 0 Å². The van der Waals surface area contributed by atoms with Crippen LogP contribution in [0.2, 0.25) is 0 Å². The first-order chi connectivity index (χ1) is 9.47. The van der Waals surface area contributed by atoms with Crippen LogP contribution in [-0.4, -0.2) is 32.4 Å². The van der Waals surface area contributed by atoms with Crippen LogP contribution in [0.3, 0.4) is 0 Å². The van der Waals surface area contributed by atoms with Crippen molar-refractivity contribution in [3.05, 3.63) is 35.8 Å². The highest BCUT2D eigenvalue weighted by Crippen LogP contribution is 2.09. The molecule has 6 nitrogen and oxygen atoms in total. The standard InChI is InChI=1S/C14H17N3O3/c1-9(6-7-13(18)19)15-14(20)11-8-17-10(2)4-3-5-12(17)16-11/h3-5,8-9H,6-7H2,1-2H3,(H,15,20)(H,18,19). The molecule has 1 unspecified atom stereocenters. The lowest BCUT2D eigenvalue weighted by atomic mass is 10.2. The largest absolute Gasteiger partial charge is 0.481 e. The van der Waals surface area contributed by atoms with Crippen molar-refractivity contribution >= 4 is 17.5 Å². The number of carboxylic acids is 1. The van der Waals surface area contributed by atoms with E-state index in [0.717, 1.165) is 5.69 Å². The Morgan fingerprint density at radius 2 is 2.20 bits per heavy atom. The quantitative estimate of drug-likeness (QED) is 0.868. The number of carbonyl (C=O) groups excluding carboxylic acids is 1. The number of imidazole rings is 1. The van der Waals surface area contributed by atoms with E-state index in [4.69, 9.17) is 5.11 Å². The molecule has 2 heterocycles. The van der Waals surface area contributed by atoms with Gasteiger partial charge in [0.15, 0.2) is 0 Å². The summed E-state index contributed by atoms with van der Waals surface area (Å²) in [7, 11) is 0. The molecule has 0 aliphatic rings. The molecule has 2 N–H and O–H groups in total. The molecule has 6 heteroatoms. The second kappa shape index (κ2) is 5.73. The number of hydrogen-bond acceptors (Lipinski definition) is 3. The van der Waals surface area contributed by atoms with E-state index >= 15 is 0 Å². The Hall–Kier alpha value is -2.37. The molecule has 0 saturated heterocycles. The molecule has 1 amide bonds. The fraction of sp³-hybridized carbons (Fsp3) is 0.357. The molecule has 0 bridgehead atoms. The number of amides is 1. The van der Waals surface area contributed by atoms with Gasteiger partial charge >= 0.3 is 5.97 Å². The van der Waals surface area contributed by atoms with Gasteiger partial charge in [0.2, 0.25) is 0 Å². The maximum Gasteiger partial charge on any atom is 0.303 e. The fourth-order valence-corrected chi connectivity index (χ4v) is 1.97. The maximum absolute atomic E-state index is 12.0. The molecule has 106 valence electrons. The van der Waals surface area contributed by atoms with Crippen LogP contribution in [-0.2, 0) is 4.79 Å². The van der Waals surface area contributed by atoms with Gasteiger partial charge in [-0.1, -0.05) is 6.07 Å². The number of pyridine rings is 1. The number of aliphatic carboxylic acids is 1. The first-order valence-electron chi connectivity index (χ1n) is 6.45. The molecule has 0 aliphatic heterocycles. The highest BCUT2D eigenvalue weighted by Gasteiger charge is 2.14. The zero-order valence-electron chi connectivity index (χ0n) is 11.5. The van der Waals surface area contributed by atoms with E-state index in [1.54, 1.807) is 13.1 Å². The number of nitrogens with zero attached hydrogens (tertiary/aromatic N) is 2. The Kier molecular flexibility index (Phi) is 4.02. The summed E-state index contributed by atoms with van der Waals surface area (Å²) in [4.78, 5) is 26.8. The molecule has 0 radical (unpaired) electrons. The number of aryl methyl sites for hydroxylation is 1. The van der Waals surface area contributed by atoms with E-state index in [0.29, 0.717) is 17.8 Å². The summed E-state index contributed by atoms with van der Waals surface area (Å²) in [6, 6.07) is 5.45. The van der Waals surface area contributed by atoms with Gasteiger partial charge in [-0.25, -0.2) is 4.98 Å². The van der Waals surface area contributed by atoms with Crippen LogP contribution < -0.4 is 5.32 Å². The number of rotatable bonds is 5. The van der Waals surface area contributed by atoms with Gasteiger partial charge in [0.25, 0.3) is 5.91 Å². The predicted molar refractivity (Wildman–Crippen MR) is 73.7 cm³/mol. The van der Waals surface area contributed by atoms with E-state index in [-0.39, 0.29) is 18.4 Å². The molecular weight excluding hydrogens is 258 g/mol. The van der Waals surface area contributed by atoms with Crippen molar-refractivity contribution in [1.29, 1.82) is 0 Å². The number of carbonyl (C=O) groups is 2. The third kappa shape index (κ3) is 3.14. The van der Waals surface area contributed by atoms with Crippen LogP contribution in [0.1, 0.15) is 35.9 Å². The van der Waals surface area contributed by atoms with Crippen LogP contribution in [0, 0.1) is 6.92 Å². The molecule has 2 rings (SSSR count). The van der Waals surface area contributed by atoms with Gasteiger partial charge in [-0.3, -0.25) is 9.59 Å². The van der Waals surface area contributed by atoms with Crippen molar-refractivity contribution in [1.82, 2.24) is 14.7 Å². The number of fused-ring (bicyclic) bond motifs is 1. The van der Waals surface area contributed by atoms with Crippen molar-refractivity contribution in [2.24, 2.45) is 0 Å². The molecule has 0 aliphatic carbocycles. The van der Waals surface area contributed by atoms with Crippen LogP contribution >= 0.6 is 0 Å². The molecule has 20 heavy (non-hydrogen) atoms. The highest BCUT2D eigenvalue weighted by atomic mass is 16.4.